The summed E-state index contributed by atoms with van der Waals surface area (Å²) in [4.78, 5) is 21.9. The van der Waals surface area contributed by atoms with Gasteiger partial charge in [-0.25, -0.2) is 4.79 Å². The third-order valence-electron chi connectivity index (χ3n) is 2.54. The zero-order chi connectivity index (χ0) is 15.8. The van der Waals surface area contributed by atoms with Crippen LogP contribution in [0.5, 0.6) is 0 Å². The minimum atomic E-state index is -0.712. The van der Waals surface area contributed by atoms with Crippen LogP contribution in [-0.2, 0) is 9.47 Å². The monoisotopic (exact) mass is 335 g/mol. The number of carbonyl (C=O) groups is 1. The maximum atomic E-state index is 11.8. The van der Waals surface area contributed by atoms with Crippen molar-refractivity contribution < 1.29 is 19.2 Å². The molecule has 0 spiro atoms. The first kappa shape index (κ1) is 17.7. The number of esters is 1. The standard InChI is InChI=1S/C13H15Cl2NO5/c1-2-3-4-20-5-6-21-13(17)9-7-10(14)12(15)11(8-9)16(18)19/h7-8H,2-6H2,1H3. The first-order valence-electron chi connectivity index (χ1n) is 6.35. The first-order chi connectivity index (χ1) is 9.97. The van der Waals surface area contributed by atoms with Gasteiger partial charge in [-0.1, -0.05) is 36.5 Å². The van der Waals surface area contributed by atoms with Crippen molar-refractivity contribution in [3.63, 3.8) is 0 Å². The smallest absolute Gasteiger partial charge is 0.338 e. The summed E-state index contributed by atoms with van der Waals surface area (Å²) in [5.41, 5.74) is -0.458. The molecule has 1 aromatic rings. The molecule has 6 nitrogen and oxygen atoms in total. The lowest BCUT2D eigenvalue weighted by Crippen LogP contribution is -2.11. The van der Waals surface area contributed by atoms with Crippen LogP contribution in [0.25, 0.3) is 0 Å². The van der Waals surface area contributed by atoms with E-state index in [9.17, 15) is 14.9 Å². The van der Waals surface area contributed by atoms with E-state index in [0.717, 1.165) is 18.9 Å². The average Bonchev–Trinajstić information content (AvgIpc) is 2.44. The number of hydrogen-bond acceptors (Lipinski definition) is 5. The highest BCUT2D eigenvalue weighted by molar-refractivity contribution is 6.43. The third kappa shape index (κ3) is 5.49. The molecule has 116 valence electrons. The lowest BCUT2D eigenvalue weighted by Gasteiger charge is -2.07. The minimum absolute atomic E-state index is 0.0235. The number of benzene rings is 1. The number of carbonyl (C=O) groups excluding carboxylic acids is 1. The Morgan fingerprint density at radius 2 is 2.00 bits per heavy atom. The average molecular weight is 336 g/mol. The summed E-state index contributed by atoms with van der Waals surface area (Å²) in [5, 5.41) is 10.5. The Kier molecular flexibility index (Phi) is 7.42. The Morgan fingerprint density at radius 1 is 1.29 bits per heavy atom. The zero-order valence-corrected chi connectivity index (χ0v) is 12.9. The van der Waals surface area contributed by atoms with Crippen molar-refractivity contribution >= 4 is 34.9 Å². The van der Waals surface area contributed by atoms with Crippen molar-refractivity contribution in [2.45, 2.75) is 19.8 Å². The fraction of sp³-hybridized carbons (Fsp3) is 0.462. The second kappa shape index (κ2) is 8.81. The van der Waals surface area contributed by atoms with E-state index in [1.54, 1.807) is 0 Å². The summed E-state index contributed by atoms with van der Waals surface area (Å²) >= 11 is 11.5. The molecule has 0 bridgehead atoms. The predicted octanol–water partition coefficient (Wildman–Crippen LogP) is 3.88. The molecule has 0 heterocycles. The van der Waals surface area contributed by atoms with Crippen LogP contribution in [-0.4, -0.2) is 30.7 Å². The lowest BCUT2D eigenvalue weighted by molar-refractivity contribution is -0.384. The molecule has 0 atom stereocenters. The molecule has 0 aliphatic carbocycles. The molecule has 0 amide bonds. The normalized spacial score (nSPS) is 10.4. The molecule has 0 saturated heterocycles. The van der Waals surface area contributed by atoms with Crippen molar-refractivity contribution in [1.82, 2.24) is 0 Å². The van der Waals surface area contributed by atoms with Crippen molar-refractivity contribution in [1.29, 1.82) is 0 Å². The van der Waals surface area contributed by atoms with E-state index in [2.05, 4.69) is 0 Å². The largest absolute Gasteiger partial charge is 0.460 e. The fourth-order valence-corrected chi connectivity index (χ4v) is 1.84. The van der Waals surface area contributed by atoms with Crippen molar-refractivity contribution in [2.24, 2.45) is 0 Å². The highest BCUT2D eigenvalue weighted by Gasteiger charge is 2.20. The number of nitrogens with zero attached hydrogens (tertiary/aromatic N) is 1. The summed E-state index contributed by atoms with van der Waals surface area (Å²) in [6.07, 6.45) is 1.96. The third-order valence-corrected chi connectivity index (χ3v) is 3.34. The molecule has 0 radical (unpaired) electrons. The first-order valence-corrected chi connectivity index (χ1v) is 7.11. The van der Waals surface area contributed by atoms with Gasteiger partial charge >= 0.3 is 5.97 Å². The van der Waals surface area contributed by atoms with E-state index in [-0.39, 0.29) is 28.8 Å². The lowest BCUT2D eigenvalue weighted by atomic mass is 10.2. The number of halogens is 2. The number of rotatable bonds is 8. The van der Waals surface area contributed by atoms with Gasteiger partial charge in [0.15, 0.2) is 0 Å². The Hall–Kier alpha value is -1.37. The number of ether oxygens (including phenoxy) is 2. The summed E-state index contributed by atoms with van der Waals surface area (Å²) in [7, 11) is 0. The minimum Gasteiger partial charge on any atom is -0.460 e. The van der Waals surface area contributed by atoms with E-state index in [0.29, 0.717) is 6.61 Å². The second-order valence-corrected chi connectivity index (χ2v) is 4.94. The van der Waals surface area contributed by atoms with Crippen LogP contribution < -0.4 is 0 Å². The van der Waals surface area contributed by atoms with Crippen molar-refractivity contribution in [3.05, 3.63) is 37.9 Å². The summed E-state index contributed by atoms with van der Waals surface area (Å²) in [6, 6.07) is 2.27. The van der Waals surface area contributed by atoms with Gasteiger partial charge in [-0.2, -0.15) is 0 Å². The number of unbranched alkanes of at least 4 members (excludes halogenated alkanes) is 1. The summed E-state index contributed by atoms with van der Waals surface area (Å²) in [5.74, 6) is -0.712. The molecule has 0 saturated carbocycles. The van der Waals surface area contributed by atoms with Gasteiger partial charge in [0.05, 0.1) is 22.1 Å². The molecular weight excluding hydrogens is 321 g/mol. The maximum Gasteiger partial charge on any atom is 0.338 e. The molecule has 0 aliphatic rings. The zero-order valence-electron chi connectivity index (χ0n) is 11.4. The van der Waals surface area contributed by atoms with E-state index in [1.165, 1.54) is 6.07 Å². The van der Waals surface area contributed by atoms with Crippen LogP contribution in [0.15, 0.2) is 12.1 Å². The SMILES string of the molecule is CCCCOCCOC(=O)c1cc(Cl)c(Cl)c([N+](=O)[O-])c1. The molecule has 0 aromatic heterocycles. The summed E-state index contributed by atoms with van der Waals surface area (Å²) in [6.45, 7) is 2.98. The Bertz CT molecular complexity index is 522. The molecule has 8 heteroatoms. The van der Waals surface area contributed by atoms with Gasteiger partial charge in [-0.05, 0) is 12.5 Å². The number of nitro benzene ring substituents is 1. The van der Waals surface area contributed by atoms with Gasteiger partial charge in [-0.15, -0.1) is 0 Å². The van der Waals surface area contributed by atoms with Gasteiger partial charge in [0.2, 0.25) is 0 Å². The van der Waals surface area contributed by atoms with Crippen LogP contribution in [0.4, 0.5) is 5.69 Å². The van der Waals surface area contributed by atoms with Crippen LogP contribution in [0.2, 0.25) is 10.0 Å². The Labute approximate surface area is 132 Å². The van der Waals surface area contributed by atoms with Gasteiger partial charge in [0, 0.05) is 12.7 Å². The Morgan fingerprint density at radius 3 is 2.62 bits per heavy atom. The van der Waals surface area contributed by atoms with Crippen LogP contribution >= 0.6 is 23.2 Å². The van der Waals surface area contributed by atoms with E-state index < -0.39 is 16.6 Å². The molecule has 0 aliphatic heterocycles. The van der Waals surface area contributed by atoms with E-state index in [4.69, 9.17) is 32.7 Å². The van der Waals surface area contributed by atoms with Gasteiger partial charge in [0.25, 0.3) is 5.69 Å². The second-order valence-electron chi connectivity index (χ2n) is 4.15. The van der Waals surface area contributed by atoms with Crippen LogP contribution in [0.3, 0.4) is 0 Å². The van der Waals surface area contributed by atoms with Gasteiger partial charge in [-0.3, -0.25) is 10.1 Å². The Balaban J connectivity index is 2.60. The highest BCUT2D eigenvalue weighted by Crippen LogP contribution is 2.33. The molecule has 1 aromatic carbocycles. The maximum absolute atomic E-state index is 11.8. The highest BCUT2D eigenvalue weighted by atomic mass is 35.5. The molecule has 0 fully saturated rings. The summed E-state index contributed by atoms with van der Waals surface area (Å²) < 4.78 is 10.2. The molecule has 0 N–H and O–H groups in total. The molecule has 1 rings (SSSR count). The molecule has 0 unspecified atom stereocenters. The van der Waals surface area contributed by atoms with Crippen LogP contribution in [0.1, 0.15) is 30.1 Å². The predicted molar refractivity (Wildman–Crippen MR) is 79.1 cm³/mol. The number of hydrogen-bond donors (Lipinski definition) is 0. The number of nitro groups is 1. The topological polar surface area (TPSA) is 78.7 Å². The van der Waals surface area contributed by atoms with Gasteiger partial charge in [0.1, 0.15) is 11.6 Å². The van der Waals surface area contributed by atoms with Gasteiger partial charge < -0.3 is 9.47 Å². The molecular formula is C13H15Cl2NO5. The quantitative estimate of drug-likeness (QED) is 0.312. The van der Waals surface area contributed by atoms with E-state index in [1.807, 2.05) is 6.92 Å². The van der Waals surface area contributed by atoms with Crippen molar-refractivity contribution in [3.8, 4) is 0 Å². The van der Waals surface area contributed by atoms with E-state index >= 15 is 0 Å². The molecule has 21 heavy (non-hydrogen) atoms. The van der Waals surface area contributed by atoms with Crippen LogP contribution in [0, 0.1) is 10.1 Å². The van der Waals surface area contributed by atoms with Crippen molar-refractivity contribution in [2.75, 3.05) is 19.8 Å². The fourth-order valence-electron chi connectivity index (χ4n) is 1.45.